The molecule has 4 aromatic carbocycles. The van der Waals surface area contributed by atoms with E-state index in [-0.39, 0.29) is 12.5 Å². The molecule has 1 amide bonds. The molecule has 0 spiro atoms. The van der Waals surface area contributed by atoms with Crippen molar-refractivity contribution in [2.24, 2.45) is 5.10 Å². The van der Waals surface area contributed by atoms with Crippen LogP contribution in [0.2, 0.25) is 0 Å². The average molecular weight is 531 g/mol. The van der Waals surface area contributed by atoms with E-state index in [1.807, 2.05) is 123 Å². The summed E-state index contributed by atoms with van der Waals surface area (Å²) in [4.78, 5) is 12.4. The predicted octanol–water partition coefficient (Wildman–Crippen LogP) is 6.26. The van der Waals surface area contributed by atoms with E-state index in [2.05, 4.69) is 10.5 Å². The molecule has 0 atom stereocenters. The minimum Gasteiger partial charge on any atom is -0.489 e. The van der Waals surface area contributed by atoms with Gasteiger partial charge in [-0.05, 0) is 79.1 Å². The Kier molecular flexibility index (Phi) is 8.32. The fourth-order valence-electron chi connectivity index (χ4n) is 4.03. The minimum absolute atomic E-state index is 0.138. The SMILES string of the molecule is Cc1ccc(OCC(=O)NN=Cc2cn(-c3ccccc3)nc2-c2ccc(OCc3ccccc3)cc2)cc1C. The van der Waals surface area contributed by atoms with E-state index >= 15 is 0 Å². The van der Waals surface area contributed by atoms with E-state index in [9.17, 15) is 4.79 Å². The van der Waals surface area contributed by atoms with Gasteiger partial charge in [-0.15, -0.1) is 0 Å². The van der Waals surface area contributed by atoms with Crippen LogP contribution in [0.15, 0.2) is 114 Å². The third kappa shape index (κ3) is 6.82. The fourth-order valence-corrected chi connectivity index (χ4v) is 4.03. The Bertz CT molecular complexity index is 1590. The molecule has 40 heavy (non-hydrogen) atoms. The van der Waals surface area contributed by atoms with Gasteiger partial charge in [0.25, 0.3) is 5.91 Å². The van der Waals surface area contributed by atoms with Crippen LogP contribution in [-0.4, -0.2) is 28.5 Å². The number of carbonyl (C=O) groups excluding carboxylic acids is 1. The summed E-state index contributed by atoms with van der Waals surface area (Å²) in [6, 6.07) is 33.4. The number of amides is 1. The number of aryl methyl sites for hydroxylation is 2. The molecule has 7 nitrogen and oxygen atoms in total. The zero-order chi connectivity index (χ0) is 27.7. The van der Waals surface area contributed by atoms with E-state index in [0.717, 1.165) is 39.4 Å². The second-order valence-corrected chi connectivity index (χ2v) is 9.34. The van der Waals surface area contributed by atoms with Crippen LogP contribution in [0.5, 0.6) is 11.5 Å². The van der Waals surface area contributed by atoms with Crippen LogP contribution >= 0.6 is 0 Å². The monoisotopic (exact) mass is 530 g/mol. The molecule has 0 unspecified atom stereocenters. The minimum atomic E-state index is -0.355. The van der Waals surface area contributed by atoms with E-state index in [0.29, 0.717) is 12.4 Å². The van der Waals surface area contributed by atoms with E-state index in [1.165, 1.54) is 5.56 Å². The predicted molar refractivity (Wildman–Crippen MR) is 157 cm³/mol. The molecule has 1 heterocycles. The standard InChI is InChI=1S/C33H30N4O3/c1-24-13-16-31(19-25(24)2)40-23-32(38)35-34-20-28-21-37(29-11-7-4-8-12-29)36-33(28)27-14-17-30(18-15-27)39-22-26-9-5-3-6-10-26/h3-21H,22-23H2,1-2H3,(H,35,38). The van der Waals surface area contributed by atoms with Gasteiger partial charge >= 0.3 is 0 Å². The number of para-hydroxylation sites is 1. The maximum absolute atomic E-state index is 12.4. The third-order valence-corrected chi connectivity index (χ3v) is 6.38. The molecule has 0 saturated heterocycles. The fraction of sp³-hybridized carbons (Fsp3) is 0.121. The van der Waals surface area contributed by atoms with Gasteiger partial charge in [0.15, 0.2) is 6.61 Å². The normalized spacial score (nSPS) is 10.9. The van der Waals surface area contributed by atoms with Crippen molar-refractivity contribution >= 4 is 12.1 Å². The molecule has 5 aromatic rings. The lowest BCUT2D eigenvalue weighted by Crippen LogP contribution is -2.24. The van der Waals surface area contributed by atoms with Crippen molar-refractivity contribution in [3.8, 4) is 28.4 Å². The summed E-state index contributed by atoms with van der Waals surface area (Å²) in [6.45, 7) is 4.39. The maximum Gasteiger partial charge on any atom is 0.277 e. The maximum atomic E-state index is 12.4. The Morgan fingerprint density at radius 2 is 1.55 bits per heavy atom. The van der Waals surface area contributed by atoms with Crippen molar-refractivity contribution in [2.45, 2.75) is 20.5 Å². The highest BCUT2D eigenvalue weighted by Crippen LogP contribution is 2.25. The highest BCUT2D eigenvalue weighted by molar-refractivity contribution is 5.89. The summed E-state index contributed by atoms with van der Waals surface area (Å²) >= 11 is 0. The molecule has 0 aliphatic rings. The number of hydrogen-bond acceptors (Lipinski definition) is 5. The van der Waals surface area contributed by atoms with Gasteiger partial charge in [0.1, 0.15) is 23.8 Å². The molecule has 200 valence electrons. The second-order valence-electron chi connectivity index (χ2n) is 9.34. The largest absolute Gasteiger partial charge is 0.489 e. The van der Waals surface area contributed by atoms with Crippen molar-refractivity contribution in [3.63, 3.8) is 0 Å². The quantitative estimate of drug-likeness (QED) is 0.171. The molecule has 0 saturated carbocycles. The van der Waals surface area contributed by atoms with Crippen LogP contribution in [0.4, 0.5) is 0 Å². The van der Waals surface area contributed by atoms with E-state index < -0.39 is 0 Å². The summed E-state index contributed by atoms with van der Waals surface area (Å²) in [7, 11) is 0. The van der Waals surface area contributed by atoms with Gasteiger partial charge in [-0.25, -0.2) is 10.1 Å². The first-order chi connectivity index (χ1) is 19.5. The lowest BCUT2D eigenvalue weighted by Gasteiger charge is -2.07. The zero-order valence-corrected chi connectivity index (χ0v) is 22.5. The van der Waals surface area contributed by atoms with Crippen LogP contribution in [0.1, 0.15) is 22.3 Å². The number of nitrogens with one attached hydrogen (secondary N) is 1. The Morgan fingerprint density at radius 3 is 2.27 bits per heavy atom. The van der Waals surface area contributed by atoms with E-state index in [4.69, 9.17) is 14.6 Å². The molecule has 5 rings (SSSR count). The van der Waals surface area contributed by atoms with Gasteiger partial charge in [-0.1, -0.05) is 54.6 Å². The molecule has 0 fully saturated rings. The Labute approximate surface area is 233 Å². The van der Waals surface area contributed by atoms with Gasteiger partial charge < -0.3 is 9.47 Å². The summed E-state index contributed by atoms with van der Waals surface area (Å²) in [5, 5.41) is 8.99. The number of carbonyl (C=O) groups is 1. The average Bonchev–Trinajstić information content (AvgIpc) is 3.42. The van der Waals surface area contributed by atoms with Crippen LogP contribution in [0, 0.1) is 13.8 Å². The number of ether oxygens (including phenoxy) is 2. The van der Waals surface area contributed by atoms with Crippen LogP contribution in [-0.2, 0) is 11.4 Å². The van der Waals surface area contributed by atoms with Gasteiger partial charge in [0.2, 0.25) is 0 Å². The van der Waals surface area contributed by atoms with Gasteiger partial charge in [0, 0.05) is 17.3 Å². The molecular formula is C33H30N4O3. The Hall–Kier alpha value is -5.17. The zero-order valence-electron chi connectivity index (χ0n) is 22.5. The second kappa shape index (κ2) is 12.6. The highest BCUT2D eigenvalue weighted by atomic mass is 16.5. The van der Waals surface area contributed by atoms with Crippen molar-refractivity contribution < 1.29 is 14.3 Å². The lowest BCUT2D eigenvalue weighted by molar-refractivity contribution is -0.123. The van der Waals surface area contributed by atoms with Gasteiger partial charge in [-0.3, -0.25) is 4.79 Å². The molecule has 1 aromatic heterocycles. The molecule has 7 heteroatoms. The number of hydrazone groups is 1. The number of rotatable bonds is 10. The molecule has 0 aliphatic carbocycles. The van der Waals surface area contributed by atoms with Crippen molar-refractivity contribution in [3.05, 3.63) is 132 Å². The van der Waals surface area contributed by atoms with Crippen LogP contribution in [0.3, 0.4) is 0 Å². The molecule has 0 bridgehead atoms. The lowest BCUT2D eigenvalue weighted by atomic mass is 10.1. The topological polar surface area (TPSA) is 77.7 Å². The smallest absolute Gasteiger partial charge is 0.277 e. The van der Waals surface area contributed by atoms with Crippen molar-refractivity contribution in [1.82, 2.24) is 15.2 Å². The summed E-state index contributed by atoms with van der Waals surface area (Å²) < 4.78 is 13.3. The molecule has 0 radical (unpaired) electrons. The number of hydrogen-bond donors (Lipinski definition) is 1. The molecule has 1 N–H and O–H groups in total. The van der Waals surface area contributed by atoms with Crippen LogP contribution in [0.25, 0.3) is 16.9 Å². The van der Waals surface area contributed by atoms with Crippen molar-refractivity contribution in [2.75, 3.05) is 6.61 Å². The number of aromatic nitrogens is 2. The number of benzene rings is 4. The third-order valence-electron chi connectivity index (χ3n) is 6.38. The van der Waals surface area contributed by atoms with E-state index in [1.54, 1.807) is 10.9 Å². The molecule has 0 aliphatic heterocycles. The van der Waals surface area contributed by atoms with Gasteiger partial charge in [0.05, 0.1) is 11.9 Å². The summed E-state index contributed by atoms with van der Waals surface area (Å²) in [5.74, 6) is 1.05. The Balaban J connectivity index is 1.29. The summed E-state index contributed by atoms with van der Waals surface area (Å²) in [5.41, 5.74) is 9.21. The first-order valence-corrected chi connectivity index (χ1v) is 13.0. The first kappa shape index (κ1) is 26.4. The summed E-state index contributed by atoms with van der Waals surface area (Å²) in [6.07, 6.45) is 3.47. The molecular weight excluding hydrogens is 500 g/mol. The van der Waals surface area contributed by atoms with Crippen LogP contribution < -0.4 is 14.9 Å². The number of nitrogens with zero attached hydrogens (tertiary/aromatic N) is 3. The first-order valence-electron chi connectivity index (χ1n) is 13.0. The van der Waals surface area contributed by atoms with Gasteiger partial charge in [-0.2, -0.15) is 10.2 Å². The van der Waals surface area contributed by atoms with Crippen molar-refractivity contribution in [1.29, 1.82) is 0 Å². The Morgan fingerprint density at radius 1 is 0.850 bits per heavy atom. The highest BCUT2D eigenvalue weighted by Gasteiger charge is 2.12.